The standard InChI is InChI=1S/C11H22O4/c1-10(2)15-9-8-14-7-5-3-4-6-11(12)13/h10H,3-9H2,1-2H3,(H,12,13). The predicted octanol–water partition coefficient (Wildman–Crippen LogP) is 2.07. The van der Waals surface area contributed by atoms with Crippen LogP contribution in [-0.2, 0) is 14.3 Å². The zero-order valence-corrected chi connectivity index (χ0v) is 9.70. The van der Waals surface area contributed by atoms with Crippen molar-refractivity contribution in [3.8, 4) is 0 Å². The van der Waals surface area contributed by atoms with Gasteiger partial charge >= 0.3 is 5.97 Å². The van der Waals surface area contributed by atoms with E-state index in [9.17, 15) is 4.79 Å². The highest BCUT2D eigenvalue weighted by atomic mass is 16.5. The molecule has 0 rings (SSSR count). The molecule has 0 unspecified atom stereocenters. The van der Waals surface area contributed by atoms with Crippen LogP contribution in [0.5, 0.6) is 0 Å². The summed E-state index contributed by atoms with van der Waals surface area (Å²) < 4.78 is 10.6. The van der Waals surface area contributed by atoms with Crippen LogP contribution in [0.4, 0.5) is 0 Å². The van der Waals surface area contributed by atoms with E-state index in [0.717, 1.165) is 19.3 Å². The summed E-state index contributed by atoms with van der Waals surface area (Å²) in [5.74, 6) is -0.721. The first-order chi connectivity index (χ1) is 7.13. The highest BCUT2D eigenvalue weighted by Crippen LogP contribution is 2.00. The van der Waals surface area contributed by atoms with Crippen molar-refractivity contribution in [3.63, 3.8) is 0 Å². The molecule has 0 aromatic carbocycles. The Bertz CT molecular complexity index is 157. The van der Waals surface area contributed by atoms with E-state index in [0.29, 0.717) is 19.8 Å². The van der Waals surface area contributed by atoms with Gasteiger partial charge in [0.25, 0.3) is 0 Å². The van der Waals surface area contributed by atoms with E-state index in [-0.39, 0.29) is 12.5 Å². The highest BCUT2D eigenvalue weighted by molar-refractivity contribution is 5.66. The summed E-state index contributed by atoms with van der Waals surface area (Å²) in [7, 11) is 0. The van der Waals surface area contributed by atoms with Crippen LogP contribution in [0.1, 0.15) is 39.5 Å². The third-order valence-corrected chi connectivity index (χ3v) is 1.86. The maximum Gasteiger partial charge on any atom is 0.303 e. The molecule has 0 aliphatic heterocycles. The van der Waals surface area contributed by atoms with E-state index in [1.807, 2.05) is 13.8 Å². The zero-order chi connectivity index (χ0) is 11.5. The second-order valence-corrected chi connectivity index (χ2v) is 3.74. The Hall–Kier alpha value is -0.610. The van der Waals surface area contributed by atoms with Gasteiger partial charge in [0.2, 0.25) is 0 Å². The molecule has 0 aromatic heterocycles. The number of hydrogen-bond donors (Lipinski definition) is 1. The number of hydrogen-bond acceptors (Lipinski definition) is 3. The fourth-order valence-electron chi connectivity index (χ4n) is 1.10. The fourth-order valence-corrected chi connectivity index (χ4v) is 1.10. The fraction of sp³-hybridized carbons (Fsp3) is 0.909. The van der Waals surface area contributed by atoms with Crippen molar-refractivity contribution in [2.24, 2.45) is 0 Å². The molecule has 0 radical (unpaired) electrons. The summed E-state index contributed by atoms with van der Waals surface area (Å²) >= 11 is 0. The molecule has 4 nitrogen and oxygen atoms in total. The number of ether oxygens (including phenoxy) is 2. The molecule has 0 fully saturated rings. The van der Waals surface area contributed by atoms with Crippen molar-refractivity contribution in [2.75, 3.05) is 19.8 Å². The van der Waals surface area contributed by atoms with Crippen LogP contribution in [0.25, 0.3) is 0 Å². The van der Waals surface area contributed by atoms with Gasteiger partial charge < -0.3 is 14.6 Å². The van der Waals surface area contributed by atoms with Crippen molar-refractivity contribution in [2.45, 2.75) is 45.6 Å². The monoisotopic (exact) mass is 218 g/mol. The number of carboxylic acid groups (broad SMARTS) is 1. The van der Waals surface area contributed by atoms with Gasteiger partial charge in [-0.3, -0.25) is 4.79 Å². The van der Waals surface area contributed by atoms with Crippen LogP contribution < -0.4 is 0 Å². The van der Waals surface area contributed by atoms with Gasteiger partial charge in [-0.05, 0) is 26.7 Å². The van der Waals surface area contributed by atoms with Crippen LogP contribution in [-0.4, -0.2) is 37.0 Å². The molecule has 0 atom stereocenters. The van der Waals surface area contributed by atoms with Gasteiger partial charge in [0.1, 0.15) is 0 Å². The molecule has 15 heavy (non-hydrogen) atoms. The second-order valence-electron chi connectivity index (χ2n) is 3.74. The Morgan fingerprint density at radius 1 is 1.13 bits per heavy atom. The van der Waals surface area contributed by atoms with Crippen molar-refractivity contribution in [1.29, 1.82) is 0 Å². The second kappa shape index (κ2) is 9.93. The molecule has 0 spiro atoms. The van der Waals surface area contributed by atoms with Gasteiger partial charge in [0, 0.05) is 13.0 Å². The van der Waals surface area contributed by atoms with Crippen molar-refractivity contribution < 1.29 is 19.4 Å². The van der Waals surface area contributed by atoms with Crippen LogP contribution >= 0.6 is 0 Å². The predicted molar refractivity (Wildman–Crippen MR) is 58.0 cm³/mol. The molecular formula is C11H22O4. The van der Waals surface area contributed by atoms with E-state index >= 15 is 0 Å². The van der Waals surface area contributed by atoms with Crippen molar-refractivity contribution in [3.05, 3.63) is 0 Å². The largest absolute Gasteiger partial charge is 0.481 e. The number of unbranched alkanes of at least 4 members (excludes halogenated alkanes) is 2. The lowest BCUT2D eigenvalue weighted by atomic mass is 10.2. The van der Waals surface area contributed by atoms with Crippen LogP contribution in [0.2, 0.25) is 0 Å². The lowest BCUT2D eigenvalue weighted by Gasteiger charge is -2.07. The van der Waals surface area contributed by atoms with Gasteiger partial charge in [-0.25, -0.2) is 0 Å². The molecule has 1 N–H and O–H groups in total. The molecule has 0 saturated heterocycles. The van der Waals surface area contributed by atoms with E-state index in [1.54, 1.807) is 0 Å². The molecule has 0 saturated carbocycles. The Balaban J connectivity index is 2.96. The Morgan fingerprint density at radius 2 is 1.87 bits per heavy atom. The maximum absolute atomic E-state index is 10.2. The van der Waals surface area contributed by atoms with Gasteiger partial charge in [0.05, 0.1) is 19.3 Å². The topological polar surface area (TPSA) is 55.8 Å². The summed E-state index contributed by atoms with van der Waals surface area (Å²) in [6.07, 6.45) is 3.09. The molecule has 0 aliphatic rings. The third kappa shape index (κ3) is 13.4. The molecule has 0 aromatic rings. The summed E-state index contributed by atoms with van der Waals surface area (Å²) in [6, 6.07) is 0. The first-order valence-corrected chi connectivity index (χ1v) is 5.54. The molecule has 0 heterocycles. The van der Waals surface area contributed by atoms with E-state index < -0.39 is 5.97 Å². The number of carboxylic acids is 1. The Kier molecular flexibility index (Phi) is 9.52. The summed E-state index contributed by atoms with van der Waals surface area (Å²) in [6.45, 7) is 5.93. The smallest absolute Gasteiger partial charge is 0.303 e. The lowest BCUT2D eigenvalue weighted by Crippen LogP contribution is -2.10. The SMILES string of the molecule is CC(C)OCCOCCCCCC(=O)O. The highest BCUT2D eigenvalue weighted by Gasteiger charge is 1.96. The molecule has 4 heteroatoms. The first kappa shape index (κ1) is 14.4. The van der Waals surface area contributed by atoms with E-state index in [1.165, 1.54) is 0 Å². The average molecular weight is 218 g/mol. The Morgan fingerprint density at radius 3 is 2.47 bits per heavy atom. The van der Waals surface area contributed by atoms with Gasteiger partial charge in [-0.15, -0.1) is 0 Å². The van der Waals surface area contributed by atoms with Gasteiger partial charge in [0.15, 0.2) is 0 Å². The summed E-state index contributed by atoms with van der Waals surface area (Å²) in [5.41, 5.74) is 0. The maximum atomic E-state index is 10.2. The third-order valence-electron chi connectivity index (χ3n) is 1.86. The van der Waals surface area contributed by atoms with Gasteiger partial charge in [-0.2, -0.15) is 0 Å². The lowest BCUT2D eigenvalue weighted by molar-refractivity contribution is -0.137. The van der Waals surface area contributed by atoms with E-state index in [2.05, 4.69) is 0 Å². The van der Waals surface area contributed by atoms with Crippen molar-refractivity contribution >= 4 is 5.97 Å². The quantitative estimate of drug-likeness (QED) is 0.570. The van der Waals surface area contributed by atoms with E-state index in [4.69, 9.17) is 14.6 Å². The number of aliphatic carboxylic acids is 1. The minimum absolute atomic E-state index is 0.254. The molecule has 0 aliphatic carbocycles. The summed E-state index contributed by atoms with van der Waals surface area (Å²) in [4.78, 5) is 10.2. The minimum Gasteiger partial charge on any atom is -0.481 e. The zero-order valence-electron chi connectivity index (χ0n) is 9.70. The summed E-state index contributed by atoms with van der Waals surface area (Å²) in [5, 5.41) is 8.39. The van der Waals surface area contributed by atoms with Gasteiger partial charge in [-0.1, -0.05) is 6.42 Å². The van der Waals surface area contributed by atoms with Crippen molar-refractivity contribution in [1.82, 2.24) is 0 Å². The average Bonchev–Trinajstić information content (AvgIpc) is 2.14. The molecule has 0 amide bonds. The van der Waals surface area contributed by atoms with Crippen LogP contribution in [0.3, 0.4) is 0 Å². The molecular weight excluding hydrogens is 196 g/mol. The normalized spacial score (nSPS) is 10.9. The first-order valence-electron chi connectivity index (χ1n) is 5.54. The molecule has 0 bridgehead atoms. The Labute approximate surface area is 91.6 Å². The number of carbonyl (C=O) groups is 1. The van der Waals surface area contributed by atoms with Crippen LogP contribution in [0, 0.1) is 0 Å². The minimum atomic E-state index is -0.721. The number of rotatable bonds is 10. The molecule has 90 valence electrons. The van der Waals surface area contributed by atoms with Crippen LogP contribution in [0.15, 0.2) is 0 Å².